The minimum atomic E-state index is 0.552. The van der Waals surface area contributed by atoms with E-state index in [0.717, 1.165) is 13.0 Å². The van der Waals surface area contributed by atoms with E-state index in [4.69, 9.17) is 0 Å². The van der Waals surface area contributed by atoms with E-state index in [1.807, 2.05) is 19.6 Å². The molecular weight excluding hydrogens is 150 g/mol. The molecule has 1 atom stereocenters. The van der Waals surface area contributed by atoms with E-state index in [0.29, 0.717) is 6.04 Å². The highest BCUT2D eigenvalue weighted by Crippen LogP contribution is 2.12. The number of nitrogens with zero attached hydrogens (tertiary/aromatic N) is 2. The van der Waals surface area contributed by atoms with Gasteiger partial charge in [0.15, 0.2) is 0 Å². The van der Waals surface area contributed by atoms with Crippen molar-refractivity contribution in [1.82, 2.24) is 14.9 Å². The normalized spacial score (nSPS) is 13.2. The van der Waals surface area contributed by atoms with Crippen LogP contribution >= 0.6 is 0 Å². The fourth-order valence-corrected chi connectivity index (χ4v) is 1.24. The van der Waals surface area contributed by atoms with E-state index in [1.54, 1.807) is 0 Å². The topological polar surface area (TPSA) is 29.9 Å². The van der Waals surface area contributed by atoms with Crippen molar-refractivity contribution in [3.05, 3.63) is 18.2 Å². The van der Waals surface area contributed by atoms with Crippen molar-refractivity contribution in [2.24, 2.45) is 0 Å². The zero-order valence-electron chi connectivity index (χ0n) is 8.04. The molecule has 1 N–H and O–H groups in total. The molecule has 1 aromatic rings. The van der Waals surface area contributed by atoms with Crippen molar-refractivity contribution in [3.8, 4) is 0 Å². The first-order valence-electron chi connectivity index (χ1n) is 4.44. The van der Waals surface area contributed by atoms with Crippen LogP contribution < -0.4 is 5.32 Å². The van der Waals surface area contributed by atoms with Gasteiger partial charge in [0.1, 0.15) is 0 Å². The predicted molar refractivity (Wildman–Crippen MR) is 50.0 cm³/mol. The van der Waals surface area contributed by atoms with Gasteiger partial charge in [0.2, 0.25) is 0 Å². The molecule has 3 nitrogen and oxygen atoms in total. The Hall–Kier alpha value is -0.830. The van der Waals surface area contributed by atoms with Gasteiger partial charge in [-0.1, -0.05) is 6.92 Å². The Labute approximate surface area is 73.8 Å². The summed E-state index contributed by atoms with van der Waals surface area (Å²) in [5.41, 5.74) is 1.26. The van der Waals surface area contributed by atoms with Gasteiger partial charge in [0.05, 0.1) is 12.0 Å². The second kappa shape index (κ2) is 4.26. The molecule has 0 aromatic carbocycles. The fourth-order valence-electron chi connectivity index (χ4n) is 1.24. The van der Waals surface area contributed by atoms with E-state index in [1.165, 1.54) is 5.69 Å². The third-order valence-corrected chi connectivity index (χ3v) is 2.17. The summed E-state index contributed by atoms with van der Waals surface area (Å²) in [5.74, 6) is 0. The summed E-state index contributed by atoms with van der Waals surface area (Å²) in [6.07, 6.45) is 4.97. The lowest BCUT2D eigenvalue weighted by Crippen LogP contribution is -2.13. The van der Waals surface area contributed by atoms with Crippen LogP contribution in [-0.4, -0.2) is 16.6 Å². The molecule has 0 radical (unpaired) electrons. The van der Waals surface area contributed by atoms with E-state index in [-0.39, 0.29) is 0 Å². The lowest BCUT2D eigenvalue weighted by atomic mass is 10.2. The van der Waals surface area contributed by atoms with Crippen molar-refractivity contribution in [3.63, 3.8) is 0 Å². The van der Waals surface area contributed by atoms with Crippen LogP contribution in [0.15, 0.2) is 12.5 Å². The quantitative estimate of drug-likeness (QED) is 0.737. The molecule has 1 rings (SSSR count). The van der Waals surface area contributed by atoms with E-state index in [2.05, 4.69) is 28.7 Å². The lowest BCUT2D eigenvalue weighted by Gasteiger charge is -2.13. The van der Waals surface area contributed by atoms with Gasteiger partial charge >= 0.3 is 0 Å². The first-order valence-corrected chi connectivity index (χ1v) is 4.44. The van der Waals surface area contributed by atoms with Crippen LogP contribution in [0.1, 0.15) is 32.0 Å². The molecule has 1 heterocycles. The van der Waals surface area contributed by atoms with Crippen molar-refractivity contribution < 1.29 is 0 Å². The summed E-state index contributed by atoms with van der Waals surface area (Å²) in [4.78, 5) is 4.13. The zero-order chi connectivity index (χ0) is 8.97. The highest BCUT2D eigenvalue weighted by molar-refractivity contribution is 4.99. The molecule has 3 heteroatoms. The Morgan fingerprint density at radius 1 is 1.67 bits per heavy atom. The molecule has 0 aliphatic carbocycles. The second-order valence-corrected chi connectivity index (χ2v) is 3.08. The van der Waals surface area contributed by atoms with Crippen LogP contribution in [0, 0.1) is 0 Å². The number of rotatable bonds is 4. The molecule has 0 bridgehead atoms. The third kappa shape index (κ3) is 1.85. The van der Waals surface area contributed by atoms with Gasteiger partial charge in [-0.15, -0.1) is 0 Å². The Morgan fingerprint density at radius 3 is 3.00 bits per heavy atom. The van der Waals surface area contributed by atoms with Crippen molar-refractivity contribution in [2.45, 2.75) is 32.9 Å². The van der Waals surface area contributed by atoms with Gasteiger partial charge in [0.25, 0.3) is 0 Å². The SMILES string of the molecule is CCC(C)n1cncc1CNC. The molecular formula is C9H17N3. The van der Waals surface area contributed by atoms with Crippen molar-refractivity contribution in [1.29, 1.82) is 0 Å². The Morgan fingerprint density at radius 2 is 2.42 bits per heavy atom. The van der Waals surface area contributed by atoms with Gasteiger partial charge in [-0.05, 0) is 20.4 Å². The maximum absolute atomic E-state index is 4.13. The summed E-state index contributed by atoms with van der Waals surface area (Å²) in [5, 5.41) is 3.13. The van der Waals surface area contributed by atoms with E-state index in [9.17, 15) is 0 Å². The van der Waals surface area contributed by atoms with Crippen LogP contribution in [0.3, 0.4) is 0 Å². The molecule has 0 saturated carbocycles. The van der Waals surface area contributed by atoms with Gasteiger partial charge in [0, 0.05) is 18.8 Å². The van der Waals surface area contributed by atoms with Crippen molar-refractivity contribution in [2.75, 3.05) is 7.05 Å². The average molecular weight is 167 g/mol. The highest BCUT2D eigenvalue weighted by Gasteiger charge is 2.05. The number of nitrogens with one attached hydrogen (secondary N) is 1. The fraction of sp³-hybridized carbons (Fsp3) is 0.667. The molecule has 0 amide bonds. The lowest BCUT2D eigenvalue weighted by molar-refractivity contribution is 0.506. The summed E-state index contributed by atoms with van der Waals surface area (Å²) in [6, 6.07) is 0.552. The smallest absolute Gasteiger partial charge is 0.0951 e. The standard InChI is InChI=1S/C9H17N3/c1-4-8(2)12-7-11-6-9(12)5-10-3/h6-8,10H,4-5H2,1-3H3. The van der Waals surface area contributed by atoms with Gasteiger partial charge in [-0.3, -0.25) is 0 Å². The van der Waals surface area contributed by atoms with Crippen molar-refractivity contribution >= 4 is 0 Å². The van der Waals surface area contributed by atoms with Gasteiger partial charge in [-0.25, -0.2) is 4.98 Å². The van der Waals surface area contributed by atoms with Gasteiger partial charge in [-0.2, -0.15) is 0 Å². The molecule has 1 aromatic heterocycles. The monoisotopic (exact) mass is 167 g/mol. The first-order chi connectivity index (χ1) is 5.79. The van der Waals surface area contributed by atoms with Gasteiger partial charge < -0.3 is 9.88 Å². The summed E-state index contributed by atoms with van der Waals surface area (Å²) >= 11 is 0. The zero-order valence-corrected chi connectivity index (χ0v) is 8.04. The Bertz CT molecular complexity index is 229. The van der Waals surface area contributed by atoms with Crippen LogP contribution in [0.25, 0.3) is 0 Å². The number of hydrogen-bond acceptors (Lipinski definition) is 2. The minimum Gasteiger partial charge on any atom is -0.331 e. The highest BCUT2D eigenvalue weighted by atomic mass is 15.1. The van der Waals surface area contributed by atoms with E-state index >= 15 is 0 Å². The molecule has 0 aliphatic heterocycles. The third-order valence-electron chi connectivity index (χ3n) is 2.17. The molecule has 1 unspecified atom stereocenters. The number of hydrogen-bond donors (Lipinski definition) is 1. The van der Waals surface area contributed by atoms with Crippen LogP contribution in [0.2, 0.25) is 0 Å². The first kappa shape index (κ1) is 9.26. The largest absolute Gasteiger partial charge is 0.331 e. The van der Waals surface area contributed by atoms with E-state index < -0.39 is 0 Å². The summed E-state index contributed by atoms with van der Waals surface area (Å²) in [7, 11) is 1.95. The predicted octanol–water partition coefficient (Wildman–Crippen LogP) is 1.57. The molecule has 0 fully saturated rings. The summed E-state index contributed by atoms with van der Waals surface area (Å²) < 4.78 is 2.22. The molecule has 12 heavy (non-hydrogen) atoms. The maximum Gasteiger partial charge on any atom is 0.0951 e. The second-order valence-electron chi connectivity index (χ2n) is 3.08. The Kier molecular flexibility index (Phi) is 3.29. The molecule has 0 aliphatic rings. The number of imidazole rings is 1. The Balaban J connectivity index is 2.76. The molecule has 0 spiro atoms. The minimum absolute atomic E-state index is 0.552. The number of aromatic nitrogens is 2. The molecule has 68 valence electrons. The van der Waals surface area contributed by atoms with Crippen LogP contribution in [0.5, 0.6) is 0 Å². The molecule has 0 saturated heterocycles. The van der Waals surface area contributed by atoms with Crippen LogP contribution in [0.4, 0.5) is 0 Å². The van der Waals surface area contributed by atoms with Crippen LogP contribution in [-0.2, 0) is 6.54 Å². The maximum atomic E-state index is 4.13. The summed E-state index contributed by atoms with van der Waals surface area (Å²) in [6.45, 7) is 5.29. The average Bonchev–Trinajstić information content (AvgIpc) is 2.52.